The lowest BCUT2D eigenvalue weighted by Crippen LogP contribution is -2.24. The molecule has 0 spiro atoms. The van der Waals surface area contributed by atoms with Gasteiger partial charge in [0.25, 0.3) is 5.89 Å². The molecule has 0 bridgehead atoms. The van der Waals surface area contributed by atoms with Crippen LogP contribution < -0.4 is 5.56 Å². The van der Waals surface area contributed by atoms with Gasteiger partial charge in [0.15, 0.2) is 5.69 Å². The molecule has 0 unspecified atom stereocenters. The summed E-state index contributed by atoms with van der Waals surface area (Å²) in [5.41, 5.74) is 4.90. The molecule has 0 saturated carbocycles. The van der Waals surface area contributed by atoms with Crippen LogP contribution in [0.2, 0.25) is 0 Å². The fraction of sp³-hybridized carbons (Fsp3) is 0.474. The van der Waals surface area contributed by atoms with Crippen molar-refractivity contribution >= 4 is 0 Å². The van der Waals surface area contributed by atoms with Crippen molar-refractivity contribution in [2.45, 2.75) is 53.5 Å². The van der Waals surface area contributed by atoms with E-state index in [0.717, 1.165) is 37.1 Å². The summed E-state index contributed by atoms with van der Waals surface area (Å²) >= 11 is 0. The van der Waals surface area contributed by atoms with Gasteiger partial charge in [0.1, 0.15) is 0 Å². The van der Waals surface area contributed by atoms with Gasteiger partial charge in [0, 0.05) is 35.1 Å². The molecule has 7 nitrogen and oxygen atoms in total. The summed E-state index contributed by atoms with van der Waals surface area (Å²) in [6.07, 6.45) is 3.08. The van der Waals surface area contributed by atoms with Crippen LogP contribution >= 0.6 is 0 Å². The lowest BCUT2D eigenvalue weighted by atomic mass is 9.76. The maximum Gasteiger partial charge on any atom is 0.279 e. The monoisotopic (exact) mass is 353 g/mol. The third-order valence-corrected chi connectivity index (χ3v) is 5.15. The van der Waals surface area contributed by atoms with Crippen LogP contribution in [0.3, 0.4) is 0 Å². The Balaban J connectivity index is 1.77. The molecular weight excluding hydrogens is 330 g/mol. The maximum atomic E-state index is 11.4. The number of nitrogens with one attached hydrogen (secondary N) is 1. The summed E-state index contributed by atoms with van der Waals surface area (Å²) in [5.74, 6) is 0.901. The van der Waals surface area contributed by atoms with Gasteiger partial charge in [-0.15, -0.1) is 0 Å². The first-order chi connectivity index (χ1) is 12.4. The number of hydrogen-bond donors (Lipinski definition) is 1. The summed E-state index contributed by atoms with van der Waals surface area (Å²) in [7, 11) is 0. The Morgan fingerprint density at radius 1 is 1.35 bits per heavy atom. The number of aromatic nitrogens is 5. The highest BCUT2D eigenvalue weighted by Gasteiger charge is 2.32. The van der Waals surface area contributed by atoms with Crippen LogP contribution in [0, 0.1) is 12.3 Å². The van der Waals surface area contributed by atoms with E-state index >= 15 is 0 Å². The summed E-state index contributed by atoms with van der Waals surface area (Å²) < 4.78 is 7.59. The molecular formula is C19H23N5O2. The van der Waals surface area contributed by atoms with E-state index in [0.29, 0.717) is 17.4 Å². The van der Waals surface area contributed by atoms with Crippen LogP contribution in [-0.2, 0) is 19.4 Å². The molecule has 0 fully saturated rings. The number of nitrogens with zero attached hydrogens (tertiary/aromatic N) is 4. The van der Waals surface area contributed by atoms with Gasteiger partial charge in [0.05, 0.1) is 0 Å². The Labute approximate surface area is 151 Å². The van der Waals surface area contributed by atoms with Crippen LogP contribution in [0.25, 0.3) is 23.0 Å². The predicted molar refractivity (Wildman–Crippen MR) is 97.8 cm³/mol. The largest absolute Gasteiger partial charge is 0.332 e. The molecule has 1 aliphatic rings. The highest BCUT2D eigenvalue weighted by atomic mass is 16.5. The second-order valence-corrected chi connectivity index (χ2v) is 7.72. The van der Waals surface area contributed by atoms with E-state index in [-0.39, 0.29) is 11.0 Å². The summed E-state index contributed by atoms with van der Waals surface area (Å²) in [4.78, 5) is 18.7. The molecule has 0 radical (unpaired) electrons. The van der Waals surface area contributed by atoms with Crippen LogP contribution in [0.15, 0.2) is 21.5 Å². The van der Waals surface area contributed by atoms with Gasteiger partial charge < -0.3 is 9.51 Å². The van der Waals surface area contributed by atoms with Gasteiger partial charge in [-0.2, -0.15) is 10.1 Å². The Kier molecular flexibility index (Phi) is 3.82. The Hall–Kier alpha value is -2.70. The first-order valence-corrected chi connectivity index (χ1v) is 9.01. The number of pyridine rings is 1. The fourth-order valence-electron chi connectivity index (χ4n) is 3.68. The first-order valence-electron chi connectivity index (χ1n) is 9.01. The summed E-state index contributed by atoms with van der Waals surface area (Å²) in [6, 6.07) is 3.18. The molecule has 0 atom stereocenters. The van der Waals surface area contributed by atoms with E-state index in [1.54, 1.807) is 6.07 Å². The molecule has 7 heteroatoms. The molecule has 1 N–H and O–H groups in total. The van der Waals surface area contributed by atoms with Crippen molar-refractivity contribution < 1.29 is 4.52 Å². The summed E-state index contributed by atoms with van der Waals surface area (Å²) in [6.45, 7) is 9.33. The molecule has 3 aromatic heterocycles. The zero-order chi connectivity index (χ0) is 18.5. The van der Waals surface area contributed by atoms with Gasteiger partial charge in [-0.1, -0.05) is 19.0 Å². The van der Waals surface area contributed by atoms with Crippen LogP contribution in [0.1, 0.15) is 44.1 Å². The standard InChI is InChI=1S/C19H23N5O2/c1-5-24-14-10-19(3,4)9-8-13(14)16(22-24)18-21-17(23-26-18)12-6-7-15(25)20-11(12)2/h6-7H,5,8-10H2,1-4H3,(H,20,25). The van der Waals surface area contributed by atoms with Crippen molar-refractivity contribution in [2.24, 2.45) is 5.41 Å². The zero-order valence-corrected chi connectivity index (χ0v) is 15.6. The minimum absolute atomic E-state index is 0.145. The number of aromatic amines is 1. The van der Waals surface area contributed by atoms with Gasteiger partial charge >= 0.3 is 0 Å². The van der Waals surface area contributed by atoms with E-state index in [2.05, 4.69) is 40.6 Å². The van der Waals surface area contributed by atoms with E-state index < -0.39 is 0 Å². The molecule has 4 rings (SSSR count). The first kappa shape index (κ1) is 16.8. The molecule has 0 aliphatic heterocycles. The average Bonchev–Trinajstić information content (AvgIpc) is 3.18. The second-order valence-electron chi connectivity index (χ2n) is 7.72. The maximum absolute atomic E-state index is 11.4. The van der Waals surface area contributed by atoms with E-state index in [1.165, 1.54) is 17.3 Å². The van der Waals surface area contributed by atoms with Crippen molar-refractivity contribution in [3.8, 4) is 23.0 Å². The normalized spacial score (nSPS) is 15.8. The Morgan fingerprint density at radius 2 is 2.15 bits per heavy atom. The van der Waals surface area contributed by atoms with Gasteiger partial charge in [0.2, 0.25) is 11.4 Å². The van der Waals surface area contributed by atoms with Gasteiger partial charge in [-0.25, -0.2) is 0 Å². The SMILES string of the molecule is CCn1nc(-c2nc(-c3ccc(=O)[nH]c3C)no2)c2c1CC(C)(C)CC2. The quantitative estimate of drug-likeness (QED) is 0.781. The smallest absolute Gasteiger partial charge is 0.279 e. The Morgan fingerprint density at radius 3 is 2.88 bits per heavy atom. The van der Waals surface area contributed by atoms with E-state index in [9.17, 15) is 4.79 Å². The van der Waals surface area contributed by atoms with E-state index in [4.69, 9.17) is 9.62 Å². The highest BCUT2D eigenvalue weighted by molar-refractivity contribution is 5.62. The number of hydrogen-bond acceptors (Lipinski definition) is 5. The predicted octanol–water partition coefficient (Wildman–Crippen LogP) is 3.13. The molecule has 0 aromatic carbocycles. The van der Waals surface area contributed by atoms with Crippen molar-refractivity contribution in [2.75, 3.05) is 0 Å². The number of fused-ring (bicyclic) bond motifs is 1. The zero-order valence-electron chi connectivity index (χ0n) is 15.6. The van der Waals surface area contributed by atoms with Gasteiger partial charge in [-0.05, 0) is 44.6 Å². The van der Waals surface area contributed by atoms with E-state index in [1.807, 2.05) is 6.92 Å². The lowest BCUT2D eigenvalue weighted by molar-refractivity contribution is 0.304. The molecule has 0 saturated heterocycles. The Bertz CT molecular complexity index is 1020. The third-order valence-electron chi connectivity index (χ3n) is 5.15. The van der Waals surface area contributed by atoms with Crippen LogP contribution in [0.5, 0.6) is 0 Å². The minimum Gasteiger partial charge on any atom is -0.332 e. The molecule has 3 aromatic rings. The van der Waals surface area contributed by atoms with Crippen molar-refractivity contribution in [3.63, 3.8) is 0 Å². The molecule has 0 amide bonds. The molecule has 136 valence electrons. The number of aryl methyl sites for hydroxylation is 2. The average molecular weight is 353 g/mol. The lowest BCUT2D eigenvalue weighted by Gasteiger charge is -2.30. The van der Waals surface area contributed by atoms with Crippen molar-refractivity contribution in [3.05, 3.63) is 39.4 Å². The third kappa shape index (κ3) is 2.77. The van der Waals surface area contributed by atoms with Crippen molar-refractivity contribution in [1.29, 1.82) is 0 Å². The molecule has 26 heavy (non-hydrogen) atoms. The molecule has 1 aliphatic carbocycles. The van der Waals surface area contributed by atoms with Crippen LogP contribution in [0.4, 0.5) is 0 Å². The second kappa shape index (κ2) is 5.93. The minimum atomic E-state index is -0.145. The summed E-state index contributed by atoms with van der Waals surface area (Å²) in [5, 5.41) is 8.86. The number of H-pyrrole nitrogens is 1. The highest BCUT2D eigenvalue weighted by Crippen LogP contribution is 2.39. The topological polar surface area (TPSA) is 89.6 Å². The molecule has 3 heterocycles. The number of rotatable bonds is 3. The van der Waals surface area contributed by atoms with Gasteiger partial charge in [-0.3, -0.25) is 9.48 Å². The van der Waals surface area contributed by atoms with Crippen LogP contribution in [-0.4, -0.2) is 24.9 Å². The van der Waals surface area contributed by atoms with Crippen molar-refractivity contribution in [1.82, 2.24) is 24.9 Å². The fourth-order valence-corrected chi connectivity index (χ4v) is 3.68.